The summed E-state index contributed by atoms with van der Waals surface area (Å²) in [7, 11) is 0. The largest absolute Gasteiger partial charge is 0.457 e. The summed E-state index contributed by atoms with van der Waals surface area (Å²) in [6.45, 7) is 12.6. The molecule has 1 heterocycles. The molecule has 1 aromatic carbocycles. The van der Waals surface area contributed by atoms with Crippen LogP contribution in [-0.2, 0) is 9.53 Å². The Kier molecular flexibility index (Phi) is 6.44. The van der Waals surface area contributed by atoms with Gasteiger partial charge < -0.3 is 4.74 Å². The molecule has 1 aromatic rings. The van der Waals surface area contributed by atoms with Gasteiger partial charge >= 0.3 is 5.97 Å². The fourth-order valence-electron chi connectivity index (χ4n) is 10.6. The van der Waals surface area contributed by atoms with Gasteiger partial charge in [-0.2, -0.15) is 0 Å². The number of hydrogen-bond acceptors (Lipinski definition) is 2. The molecule has 0 bridgehead atoms. The zero-order chi connectivity index (χ0) is 26.0. The van der Waals surface area contributed by atoms with Gasteiger partial charge in [0.2, 0.25) is 0 Å². The average Bonchev–Trinajstić information content (AvgIpc) is 3.21. The van der Waals surface area contributed by atoms with E-state index in [1.807, 2.05) is 6.07 Å². The molecule has 1 aliphatic heterocycles. The van der Waals surface area contributed by atoms with E-state index in [4.69, 9.17) is 4.74 Å². The van der Waals surface area contributed by atoms with E-state index >= 15 is 0 Å². The molecule has 1 spiro atoms. The predicted octanol–water partition coefficient (Wildman–Crippen LogP) is 9.11. The first-order valence-electron chi connectivity index (χ1n) is 15.7. The Morgan fingerprint density at radius 1 is 0.946 bits per heavy atom. The number of carbonyl (C=O) groups is 1. The lowest BCUT2D eigenvalue weighted by Gasteiger charge is -2.61. The fourth-order valence-corrected chi connectivity index (χ4v) is 10.6. The topological polar surface area (TPSA) is 26.3 Å². The van der Waals surface area contributed by atoms with Crippen molar-refractivity contribution in [3.63, 3.8) is 0 Å². The number of ether oxygens (including phenoxy) is 1. The van der Waals surface area contributed by atoms with Gasteiger partial charge in [0.05, 0.1) is 0 Å². The van der Waals surface area contributed by atoms with E-state index in [0.29, 0.717) is 10.8 Å². The summed E-state index contributed by atoms with van der Waals surface area (Å²) < 4.78 is 6.06. The minimum Gasteiger partial charge on any atom is -0.457 e. The van der Waals surface area contributed by atoms with Crippen LogP contribution in [0, 0.1) is 46.3 Å². The number of hydrogen-bond donors (Lipinski definition) is 0. The molecule has 0 radical (unpaired) electrons. The van der Waals surface area contributed by atoms with Gasteiger partial charge in [0.1, 0.15) is 11.5 Å². The molecule has 2 nitrogen and oxygen atoms in total. The van der Waals surface area contributed by atoms with Gasteiger partial charge in [0, 0.05) is 6.42 Å². The SMILES string of the molecule is CC(C)CCC[C@@H](C)[C@H]1CC[C@H]2[C@@H]3CC=C4C[C@]5(CC[C@]4(C)[C@H]3CC[C@]12C)OC(=O)[C@H]5c1ccccc1. The molecule has 2 heteroatoms. The van der Waals surface area contributed by atoms with Crippen LogP contribution >= 0.6 is 0 Å². The third-order valence-electron chi connectivity index (χ3n) is 12.6. The van der Waals surface area contributed by atoms with Gasteiger partial charge in [-0.25, -0.2) is 0 Å². The Morgan fingerprint density at radius 2 is 1.73 bits per heavy atom. The number of rotatable bonds is 6. The second-order valence-corrected chi connectivity index (χ2v) is 14.8. The van der Waals surface area contributed by atoms with Crippen LogP contribution in [-0.4, -0.2) is 11.6 Å². The number of allylic oxidation sites excluding steroid dienone is 1. The highest BCUT2D eigenvalue weighted by Crippen LogP contribution is 2.69. The normalized spacial score (nSPS) is 43.4. The summed E-state index contributed by atoms with van der Waals surface area (Å²) in [6.07, 6.45) is 17.0. The molecule has 6 rings (SSSR count). The summed E-state index contributed by atoms with van der Waals surface area (Å²) in [6, 6.07) is 10.4. The van der Waals surface area contributed by atoms with Crippen molar-refractivity contribution in [1.29, 1.82) is 0 Å². The van der Waals surface area contributed by atoms with Crippen LogP contribution in [0.15, 0.2) is 42.0 Å². The van der Waals surface area contributed by atoms with E-state index in [0.717, 1.165) is 53.9 Å². The third kappa shape index (κ3) is 3.98. The predicted molar refractivity (Wildman–Crippen MR) is 151 cm³/mol. The van der Waals surface area contributed by atoms with Gasteiger partial charge in [-0.1, -0.05) is 95.9 Å². The second kappa shape index (κ2) is 9.27. The molecule has 0 unspecified atom stereocenters. The highest BCUT2D eigenvalue weighted by Gasteiger charge is 2.64. The summed E-state index contributed by atoms with van der Waals surface area (Å²) in [5.74, 6) is 5.07. The average molecular weight is 503 g/mol. The number of benzene rings is 1. The molecular formula is C35H50O2. The quantitative estimate of drug-likeness (QED) is 0.286. The Hall–Kier alpha value is -1.57. The Balaban J connectivity index is 1.20. The van der Waals surface area contributed by atoms with Gasteiger partial charge in [-0.15, -0.1) is 0 Å². The Bertz CT molecular complexity index is 1040. The van der Waals surface area contributed by atoms with E-state index < -0.39 is 0 Å². The van der Waals surface area contributed by atoms with Crippen molar-refractivity contribution in [2.75, 3.05) is 0 Å². The summed E-state index contributed by atoms with van der Waals surface area (Å²) in [4.78, 5) is 12.7. The Labute approximate surface area is 226 Å². The minimum absolute atomic E-state index is 0.0166. The maximum absolute atomic E-state index is 12.7. The van der Waals surface area contributed by atoms with E-state index in [1.165, 1.54) is 57.8 Å². The summed E-state index contributed by atoms with van der Waals surface area (Å²) in [5, 5.41) is 0. The van der Waals surface area contributed by atoms with Crippen LogP contribution in [0.1, 0.15) is 117 Å². The molecule has 5 aliphatic rings. The molecular weight excluding hydrogens is 452 g/mol. The van der Waals surface area contributed by atoms with Crippen molar-refractivity contribution in [2.45, 2.75) is 117 Å². The van der Waals surface area contributed by atoms with Crippen molar-refractivity contribution >= 4 is 5.97 Å². The zero-order valence-corrected chi connectivity index (χ0v) is 24.1. The zero-order valence-electron chi connectivity index (χ0n) is 24.1. The van der Waals surface area contributed by atoms with Crippen molar-refractivity contribution in [2.24, 2.45) is 46.3 Å². The number of esters is 1. The second-order valence-electron chi connectivity index (χ2n) is 14.8. The smallest absolute Gasteiger partial charge is 0.318 e. The van der Waals surface area contributed by atoms with E-state index in [-0.39, 0.29) is 17.5 Å². The fraction of sp³-hybridized carbons (Fsp3) is 0.743. The van der Waals surface area contributed by atoms with Crippen LogP contribution in [0.3, 0.4) is 0 Å². The lowest BCUT2D eigenvalue weighted by Crippen LogP contribution is -2.60. The maximum Gasteiger partial charge on any atom is 0.318 e. The van der Waals surface area contributed by atoms with Crippen LogP contribution < -0.4 is 0 Å². The first-order chi connectivity index (χ1) is 17.7. The van der Waals surface area contributed by atoms with Crippen LogP contribution in [0.25, 0.3) is 0 Å². The molecule has 0 amide bonds. The molecule has 4 fully saturated rings. The molecule has 202 valence electrons. The summed E-state index contributed by atoms with van der Waals surface area (Å²) in [5.41, 5.74) is 3.29. The van der Waals surface area contributed by atoms with E-state index in [9.17, 15) is 4.79 Å². The van der Waals surface area contributed by atoms with Crippen LogP contribution in [0.2, 0.25) is 0 Å². The summed E-state index contributed by atoms with van der Waals surface area (Å²) >= 11 is 0. The van der Waals surface area contributed by atoms with Crippen molar-refractivity contribution in [3.8, 4) is 0 Å². The Morgan fingerprint density at radius 3 is 2.46 bits per heavy atom. The lowest BCUT2D eigenvalue weighted by atomic mass is 9.45. The number of fused-ring (bicyclic) bond motifs is 5. The molecule has 9 atom stereocenters. The number of carbonyl (C=O) groups excluding carboxylic acids is 1. The maximum atomic E-state index is 12.7. The van der Waals surface area contributed by atoms with Crippen molar-refractivity contribution in [1.82, 2.24) is 0 Å². The van der Waals surface area contributed by atoms with Crippen LogP contribution in [0.5, 0.6) is 0 Å². The van der Waals surface area contributed by atoms with Gasteiger partial charge in [0.25, 0.3) is 0 Å². The molecule has 1 saturated heterocycles. The van der Waals surface area contributed by atoms with Gasteiger partial charge in [0.15, 0.2) is 0 Å². The first kappa shape index (κ1) is 25.7. The van der Waals surface area contributed by atoms with E-state index in [2.05, 4.69) is 65.0 Å². The molecule has 4 aliphatic carbocycles. The van der Waals surface area contributed by atoms with Gasteiger partial charge in [-0.05, 0) is 96.8 Å². The monoisotopic (exact) mass is 502 g/mol. The molecule has 3 saturated carbocycles. The van der Waals surface area contributed by atoms with Crippen LogP contribution in [0.4, 0.5) is 0 Å². The van der Waals surface area contributed by atoms with Crippen molar-refractivity contribution < 1.29 is 9.53 Å². The molecule has 37 heavy (non-hydrogen) atoms. The molecule has 0 aromatic heterocycles. The highest BCUT2D eigenvalue weighted by molar-refractivity contribution is 5.86. The van der Waals surface area contributed by atoms with Gasteiger partial charge in [-0.3, -0.25) is 4.79 Å². The standard InChI is InChI=1S/C35H50O2/c1-23(2)10-9-11-24(3)28-16-17-29-27-15-14-26-22-35(31(32(36)37-35)25-12-7-6-8-13-25)21-20-33(26,4)30(27)18-19-34(28,29)5/h6-8,12-14,23-24,27-31H,9-11,15-22H2,1-5H3/t24-,27+,28-,29+,30+,31-,33+,34-,35+/m1/s1. The highest BCUT2D eigenvalue weighted by atomic mass is 16.6. The van der Waals surface area contributed by atoms with E-state index in [1.54, 1.807) is 5.57 Å². The van der Waals surface area contributed by atoms with Crippen molar-refractivity contribution in [3.05, 3.63) is 47.5 Å². The lowest BCUT2D eigenvalue weighted by molar-refractivity contribution is -0.208. The molecule has 0 N–H and O–H groups in total. The first-order valence-corrected chi connectivity index (χ1v) is 15.7. The third-order valence-corrected chi connectivity index (χ3v) is 12.6. The minimum atomic E-state index is -0.302.